The summed E-state index contributed by atoms with van der Waals surface area (Å²) in [4.78, 5) is 14.9. The first-order valence-electron chi connectivity index (χ1n) is 4.31. The second-order valence-electron chi connectivity index (χ2n) is 3.86. The zero-order chi connectivity index (χ0) is 12.6. The number of thiazole rings is 1. The highest BCUT2D eigenvalue weighted by Gasteiger charge is 2.32. The summed E-state index contributed by atoms with van der Waals surface area (Å²) in [6.45, 7) is 3.01. The Hall–Kier alpha value is -0.990. The third-order valence-corrected chi connectivity index (χ3v) is 3.76. The van der Waals surface area contributed by atoms with Crippen molar-refractivity contribution >= 4 is 27.3 Å². The van der Waals surface area contributed by atoms with Crippen molar-refractivity contribution in [1.82, 2.24) is 4.98 Å². The van der Waals surface area contributed by atoms with E-state index in [0.717, 1.165) is 11.3 Å². The molecule has 0 fully saturated rings. The van der Waals surface area contributed by atoms with E-state index in [4.69, 9.17) is 10.2 Å². The van der Waals surface area contributed by atoms with Gasteiger partial charge in [-0.05, 0) is 13.8 Å². The van der Waals surface area contributed by atoms with E-state index in [1.807, 2.05) is 0 Å². The van der Waals surface area contributed by atoms with Gasteiger partial charge in [0.25, 0.3) is 0 Å². The molecule has 0 spiro atoms. The molecule has 0 aliphatic heterocycles. The Bertz CT molecular complexity index is 504. The van der Waals surface area contributed by atoms with Gasteiger partial charge in [-0.1, -0.05) is 0 Å². The van der Waals surface area contributed by atoms with Gasteiger partial charge >= 0.3 is 5.97 Å². The minimum atomic E-state index is -3.63. The van der Waals surface area contributed by atoms with Gasteiger partial charge in [0.05, 0.1) is 5.69 Å². The van der Waals surface area contributed by atoms with Crippen LogP contribution in [0.4, 0.5) is 0 Å². The molecule has 1 aromatic heterocycles. The lowest BCUT2D eigenvalue weighted by Gasteiger charge is -2.15. The van der Waals surface area contributed by atoms with Gasteiger partial charge in [-0.15, -0.1) is 11.3 Å². The van der Waals surface area contributed by atoms with Crippen LogP contribution in [0.2, 0.25) is 0 Å². The quantitative estimate of drug-likeness (QED) is 0.812. The number of rotatable bonds is 4. The Morgan fingerprint density at radius 3 is 2.62 bits per heavy atom. The van der Waals surface area contributed by atoms with E-state index < -0.39 is 21.4 Å². The molecular formula is C8H12N2O4S2. The van der Waals surface area contributed by atoms with Crippen LogP contribution in [0.3, 0.4) is 0 Å². The van der Waals surface area contributed by atoms with Gasteiger partial charge < -0.3 is 5.11 Å². The number of aliphatic carboxylic acids is 1. The SMILES string of the molecule is CC(C)(C(=O)O)c1csc(CS(N)(=O)=O)n1. The molecule has 3 N–H and O–H groups in total. The fourth-order valence-corrected chi connectivity index (χ4v) is 2.87. The average molecular weight is 264 g/mol. The number of hydrogen-bond donors (Lipinski definition) is 2. The summed E-state index contributed by atoms with van der Waals surface area (Å²) >= 11 is 1.09. The summed E-state index contributed by atoms with van der Waals surface area (Å²) in [5, 5.41) is 15.7. The second-order valence-corrected chi connectivity index (χ2v) is 6.42. The number of carboxylic acid groups (broad SMARTS) is 1. The molecule has 0 saturated heterocycles. The molecule has 0 aromatic carbocycles. The highest BCUT2D eigenvalue weighted by Crippen LogP contribution is 2.25. The van der Waals surface area contributed by atoms with Crippen molar-refractivity contribution in [1.29, 1.82) is 0 Å². The number of carboxylic acids is 1. The van der Waals surface area contributed by atoms with Crippen molar-refractivity contribution in [2.24, 2.45) is 5.14 Å². The number of nitrogens with two attached hydrogens (primary N) is 1. The van der Waals surface area contributed by atoms with Gasteiger partial charge in [0.1, 0.15) is 16.2 Å². The highest BCUT2D eigenvalue weighted by molar-refractivity contribution is 7.88. The van der Waals surface area contributed by atoms with E-state index in [2.05, 4.69) is 4.98 Å². The Morgan fingerprint density at radius 2 is 2.19 bits per heavy atom. The van der Waals surface area contributed by atoms with Crippen molar-refractivity contribution in [2.45, 2.75) is 25.0 Å². The summed E-state index contributed by atoms with van der Waals surface area (Å²) in [5.41, 5.74) is -0.795. The van der Waals surface area contributed by atoms with E-state index in [9.17, 15) is 13.2 Å². The summed E-state index contributed by atoms with van der Waals surface area (Å²) in [6.07, 6.45) is 0. The molecule has 0 amide bonds. The van der Waals surface area contributed by atoms with Gasteiger partial charge in [0, 0.05) is 5.38 Å². The van der Waals surface area contributed by atoms with Crippen LogP contribution < -0.4 is 5.14 Å². The monoisotopic (exact) mass is 264 g/mol. The fourth-order valence-electron chi connectivity index (χ4n) is 0.946. The summed E-state index contributed by atoms with van der Waals surface area (Å²) in [6, 6.07) is 0. The van der Waals surface area contributed by atoms with E-state index in [1.165, 1.54) is 19.2 Å². The first-order valence-corrected chi connectivity index (χ1v) is 6.91. The first-order chi connectivity index (χ1) is 7.13. The van der Waals surface area contributed by atoms with Crippen LogP contribution in [0.25, 0.3) is 0 Å². The van der Waals surface area contributed by atoms with Gasteiger partial charge in [-0.2, -0.15) is 0 Å². The van der Waals surface area contributed by atoms with Crippen molar-refractivity contribution in [3.63, 3.8) is 0 Å². The summed E-state index contributed by atoms with van der Waals surface area (Å²) < 4.78 is 21.6. The number of hydrogen-bond acceptors (Lipinski definition) is 5. The molecule has 16 heavy (non-hydrogen) atoms. The lowest BCUT2D eigenvalue weighted by molar-refractivity contribution is -0.142. The van der Waals surface area contributed by atoms with Gasteiger partial charge in [-0.3, -0.25) is 4.79 Å². The predicted octanol–water partition coefficient (Wildman–Crippen LogP) is 0.294. The molecule has 0 atom stereocenters. The largest absolute Gasteiger partial charge is 0.481 e. The minimum Gasteiger partial charge on any atom is -0.481 e. The Morgan fingerprint density at radius 1 is 1.62 bits per heavy atom. The first kappa shape index (κ1) is 13.1. The third kappa shape index (κ3) is 3.00. The van der Waals surface area contributed by atoms with Gasteiger partial charge in [0.2, 0.25) is 10.0 Å². The van der Waals surface area contributed by atoms with Gasteiger partial charge in [-0.25, -0.2) is 18.5 Å². The van der Waals surface area contributed by atoms with E-state index in [-0.39, 0.29) is 5.75 Å². The van der Waals surface area contributed by atoms with Crippen LogP contribution in [0.15, 0.2) is 5.38 Å². The van der Waals surface area contributed by atoms with Gasteiger partial charge in [0.15, 0.2) is 0 Å². The van der Waals surface area contributed by atoms with Crippen molar-refractivity contribution < 1.29 is 18.3 Å². The van der Waals surface area contributed by atoms with Crippen LogP contribution >= 0.6 is 11.3 Å². The van der Waals surface area contributed by atoms with Crippen LogP contribution in [0, 0.1) is 0 Å². The molecular weight excluding hydrogens is 252 g/mol. The number of nitrogens with zero attached hydrogens (tertiary/aromatic N) is 1. The average Bonchev–Trinajstić information content (AvgIpc) is 2.49. The molecule has 0 unspecified atom stereocenters. The predicted molar refractivity (Wildman–Crippen MR) is 59.6 cm³/mol. The maximum atomic E-state index is 10.9. The maximum Gasteiger partial charge on any atom is 0.315 e. The molecule has 0 aliphatic carbocycles. The smallest absolute Gasteiger partial charge is 0.315 e. The summed E-state index contributed by atoms with van der Waals surface area (Å²) in [7, 11) is -3.63. The number of sulfonamides is 1. The number of aromatic nitrogens is 1. The normalized spacial score (nSPS) is 12.7. The maximum absolute atomic E-state index is 10.9. The molecule has 0 radical (unpaired) electrons. The van der Waals surface area contributed by atoms with Crippen LogP contribution in [-0.2, 0) is 26.0 Å². The zero-order valence-electron chi connectivity index (χ0n) is 8.80. The van der Waals surface area contributed by atoms with E-state index in [0.29, 0.717) is 10.7 Å². The van der Waals surface area contributed by atoms with E-state index >= 15 is 0 Å². The number of primary sulfonamides is 1. The van der Waals surface area contributed by atoms with Crippen LogP contribution in [0.5, 0.6) is 0 Å². The highest BCUT2D eigenvalue weighted by atomic mass is 32.2. The second kappa shape index (κ2) is 4.11. The molecule has 1 rings (SSSR count). The zero-order valence-corrected chi connectivity index (χ0v) is 10.4. The van der Waals surface area contributed by atoms with Crippen LogP contribution in [-0.4, -0.2) is 24.5 Å². The third-order valence-electron chi connectivity index (χ3n) is 2.05. The minimum absolute atomic E-state index is 0.298. The van der Waals surface area contributed by atoms with Crippen LogP contribution in [0.1, 0.15) is 24.5 Å². The molecule has 1 heterocycles. The molecule has 90 valence electrons. The molecule has 0 saturated carbocycles. The lowest BCUT2D eigenvalue weighted by atomic mass is 9.90. The van der Waals surface area contributed by atoms with E-state index in [1.54, 1.807) is 0 Å². The lowest BCUT2D eigenvalue weighted by Crippen LogP contribution is -2.29. The standard InChI is InChI=1S/C8H12N2O4S2/c1-8(2,7(11)12)5-3-15-6(10-5)4-16(9,13)14/h3H,4H2,1-2H3,(H,11,12)(H2,9,13,14). The topological polar surface area (TPSA) is 110 Å². The number of carbonyl (C=O) groups is 1. The summed E-state index contributed by atoms with van der Waals surface area (Å²) in [5.74, 6) is -1.38. The molecule has 0 aliphatic rings. The van der Waals surface area contributed by atoms with Crippen molar-refractivity contribution in [3.05, 3.63) is 16.1 Å². The molecule has 6 nitrogen and oxygen atoms in total. The van der Waals surface area contributed by atoms with Crippen molar-refractivity contribution in [3.8, 4) is 0 Å². The Balaban J connectivity index is 3.00. The Labute approximate surface area is 97.2 Å². The molecule has 8 heteroatoms. The molecule has 0 bridgehead atoms. The molecule has 1 aromatic rings. The van der Waals surface area contributed by atoms with Crippen molar-refractivity contribution in [2.75, 3.05) is 0 Å². The Kier molecular flexibility index (Phi) is 3.36. The fraction of sp³-hybridized carbons (Fsp3) is 0.500.